The minimum Gasteiger partial charge on any atom is -0.489 e. The summed E-state index contributed by atoms with van der Waals surface area (Å²) in [6.07, 6.45) is 6.82. The average molecular weight is 499 g/mol. The molecule has 2 rings (SSSR count). The number of rotatable bonds is 10. The third-order valence-electron chi connectivity index (χ3n) is 7.55. The van der Waals surface area contributed by atoms with E-state index in [-0.39, 0.29) is 36.6 Å². The van der Waals surface area contributed by atoms with Crippen LogP contribution >= 0.6 is 0 Å². The Morgan fingerprint density at radius 3 is 2.06 bits per heavy atom. The van der Waals surface area contributed by atoms with E-state index >= 15 is 0 Å². The maximum atomic E-state index is 14.4. The highest BCUT2D eigenvalue weighted by Crippen LogP contribution is 2.55. The Kier molecular flexibility index (Phi) is 9.15. The van der Waals surface area contributed by atoms with Crippen LogP contribution in [0.5, 0.6) is 0 Å². The van der Waals surface area contributed by atoms with Crippen LogP contribution in [0.25, 0.3) is 0 Å². The summed E-state index contributed by atoms with van der Waals surface area (Å²) in [7, 11) is 0. The van der Waals surface area contributed by atoms with Crippen LogP contribution in [0.15, 0.2) is 46.3 Å². The molecule has 1 N–H and O–H groups in total. The van der Waals surface area contributed by atoms with Crippen molar-refractivity contribution in [3.63, 3.8) is 0 Å². The summed E-state index contributed by atoms with van der Waals surface area (Å²) in [6, 6.07) is 0. The second kappa shape index (κ2) is 11.0. The molecule has 0 saturated heterocycles. The molecule has 0 fully saturated rings. The maximum Gasteiger partial charge on any atom is 0.176 e. The molecule has 4 atom stereocenters. The van der Waals surface area contributed by atoms with Crippen molar-refractivity contribution in [1.29, 1.82) is 0 Å². The molecule has 0 bridgehead atoms. The Morgan fingerprint density at radius 1 is 1.03 bits per heavy atom. The van der Waals surface area contributed by atoms with Crippen LogP contribution in [-0.2, 0) is 19.1 Å². The van der Waals surface area contributed by atoms with Crippen molar-refractivity contribution in [2.75, 3.05) is 0 Å². The van der Waals surface area contributed by atoms with Gasteiger partial charge in [0.15, 0.2) is 17.3 Å². The number of allylic oxidation sites excluding steroid dienone is 7. The third kappa shape index (κ3) is 5.66. The van der Waals surface area contributed by atoms with Gasteiger partial charge in [-0.2, -0.15) is 0 Å². The lowest BCUT2D eigenvalue weighted by Gasteiger charge is -2.43. The molecule has 1 aliphatic heterocycles. The van der Waals surface area contributed by atoms with Gasteiger partial charge >= 0.3 is 0 Å². The molecule has 36 heavy (non-hydrogen) atoms. The first-order valence-corrected chi connectivity index (χ1v) is 13.2. The topological polar surface area (TPSA) is 80.7 Å². The lowest BCUT2D eigenvalue weighted by molar-refractivity contribution is -0.154. The monoisotopic (exact) mass is 498 g/mol. The predicted octanol–water partition coefficient (Wildman–Crippen LogP) is 6.61. The van der Waals surface area contributed by atoms with E-state index in [1.807, 2.05) is 53.7 Å². The molecule has 0 amide bonds. The number of ether oxygens (including phenoxy) is 1. The Morgan fingerprint density at radius 2 is 1.56 bits per heavy atom. The molecule has 5 nitrogen and oxygen atoms in total. The zero-order valence-electron chi connectivity index (χ0n) is 24.0. The number of carbonyl (C=O) groups excluding carboxylic acids is 3. The van der Waals surface area contributed by atoms with Crippen molar-refractivity contribution in [3.8, 4) is 0 Å². The van der Waals surface area contributed by atoms with Crippen LogP contribution in [0.2, 0.25) is 0 Å². The molecular formula is C31H46O5. The minimum absolute atomic E-state index is 0.147. The van der Waals surface area contributed by atoms with Crippen LogP contribution in [0, 0.1) is 16.7 Å². The van der Waals surface area contributed by atoms with Gasteiger partial charge in [0.25, 0.3) is 0 Å². The highest BCUT2D eigenvalue weighted by molar-refractivity contribution is 6.26. The van der Waals surface area contributed by atoms with E-state index in [9.17, 15) is 19.5 Å². The quantitative estimate of drug-likeness (QED) is 0.271. The number of hydrogen-bond acceptors (Lipinski definition) is 5. The normalized spacial score (nSPS) is 27.3. The van der Waals surface area contributed by atoms with Gasteiger partial charge in [-0.05, 0) is 81.1 Å². The summed E-state index contributed by atoms with van der Waals surface area (Å²) in [5.74, 6) is -1.17. The molecule has 0 radical (unpaired) electrons. The van der Waals surface area contributed by atoms with Crippen molar-refractivity contribution in [2.24, 2.45) is 16.7 Å². The molecule has 0 aromatic rings. The lowest BCUT2D eigenvalue weighted by Crippen LogP contribution is -2.56. The average Bonchev–Trinajstić information content (AvgIpc) is 3.22. The number of hydrogen-bond donors (Lipinski definition) is 1. The van der Waals surface area contributed by atoms with Gasteiger partial charge < -0.3 is 9.84 Å². The van der Waals surface area contributed by atoms with E-state index in [2.05, 4.69) is 6.08 Å². The van der Waals surface area contributed by atoms with E-state index in [1.54, 1.807) is 27.7 Å². The van der Waals surface area contributed by atoms with Crippen molar-refractivity contribution in [2.45, 2.75) is 113 Å². The SMILES string of the molecule is CC(C)=CCCC(C)(O)C1CC2=C(O1)[C@@](CC=C(C)C)(C(=O)C(C)C)C(=O)[C@@](C)(CC=C(C)C)C2=O. The first kappa shape index (κ1) is 30.0. The highest BCUT2D eigenvalue weighted by Gasteiger charge is 2.65. The Labute approximate surface area is 217 Å². The fourth-order valence-corrected chi connectivity index (χ4v) is 5.21. The molecule has 0 aromatic carbocycles. The minimum atomic E-state index is -1.58. The number of aliphatic hydroxyl groups is 1. The van der Waals surface area contributed by atoms with E-state index in [0.29, 0.717) is 18.4 Å². The van der Waals surface area contributed by atoms with Crippen LogP contribution < -0.4 is 0 Å². The van der Waals surface area contributed by atoms with E-state index in [0.717, 1.165) is 16.7 Å². The summed E-state index contributed by atoms with van der Waals surface area (Å²) < 4.78 is 6.37. The van der Waals surface area contributed by atoms with E-state index in [4.69, 9.17) is 4.74 Å². The van der Waals surface area contributed by atoms with Gasteiger partial charge in [0.2, 0.25) is 0 Å². The van der Waals surface area contributed by atoms with E-state index in [1.165, 1.54) is 0 Å². The summed E-state index contributed by atoms with van der Waals surface area (Å²) in [6.45, 7) is 18.7. The predicted molar refractivity (Wildman–Crippen MR) is 144 cm³/mol. The van der Waals surface area contributed by atoms with Crippen molar-refractivity contribution in [1.82, 2.24) is 0 Å². The van der Waals surface area contributed by atoms with Gasteiger partial charge in [-0.15, -0.1) is 0 Å². The molecule has 1 aliphatic carbocycles. The zero-order chi connectivity index (χ0) is 27.6. The fourth-order valence-electron chi connectivity index (χ4n) is 5.21. The van der Waals surface area contributed by atoms with Crippen LogP contribution in [-0.4, -0.2) is 34.2 Å². The summed E-state index contributed by atoms with van der Waals surface area (Å²) in [5.41, 5.74) is -0.646. The van der Waals surface area contributed by atoms with Gasteiger partial charge in [-0.25, -0.2) is 0 Å². The number of Topliss-reactive ketones (excluding diaryl/α,β-unsaturated/α-hetero) is 3. The Hall–Kier alpha value is -2.27. The van der Waals surface area contributed by atoms with Crippen LogP contribution in [0.1, 0.15) is 101 Å². The molecule has 2 aliphatic rings. The standard InChI is InChI=1S/C31H46O5/c1-19(2)12-11-15-30(10,35)24-18-23-26(33)29(9,16-13-20(3)4)28(34)31(27(23)36-24,17-14-21(5)6)25(32)22(7)8/h12-14,22,24,35H,11,15-18H2,1-10H3/t24?,29-,30?,31+/m0/s1. The highest BCUT2D eigenvalue weighted by atomic mass is 16.5. The summed E-state index contributed by atoms with van der Waals surface area (Å²) in [5, 5.41) is 11.4. The molecule has 0 aromatic heterocycles. The fraction of sp³-hybridized carbons (Fsp3) is 0.645. The molecule has 2 unspecified atom stereocenters. The van der Waals surface area contributed by atoms with Gasteiger partial charge in [0.1, 0.15) is 17.3 Å². The molecule has 0 spiro atoms. The molecule has 0 saturated carbocycles. The first-order chi connectivity index (χ1) is 16.5. The zero-order valence-corrected chi connectivity index (χ0v) is 24.0. The van der Waals surface area contributed by atoms with E-state index < -0.39 is 34.2 Å². The summed E-state index contributed by atoms with van der Waals surface area (Å²) in [4.78, 5) is 42.3. The van der Waals surface area contributed by atoms with Crippen molar-refractivity contribution >= 4 is 17.3 Å². The second-order valence-corrected chi connectivity index (χ2v) is 12.2. The number of ketones is 3. The molecule has 5 heteroatoms. The van der Waals surface area contributed by atoms with Gasteiger partial charge in [-0.3, -0.25) is 14.4 Å². The van der Waals surface area contributed by atoms with Gasteiger partial charge in [0.05, 0.1) is 11.0 Å². The second-order valence-electron chi connectivity index (χ2n) is 12.2. The Bertz CT molecular complexity index is 1020. The summed E-state index contributed by atoms with van der Waals surface area (Å²) >= 11 is 0. The first-order valence-electron chi connectivity index (χ1n) is 13.2. The smallest absolute Gasteiger partial charge is 0.176 e. The molecular weight excluding hydrogens is 452 g/mol. The Balaban J connectivity index is 2.72. The van der Waals surface area contributed by atoms with Crippen molar-refractivity contribution in [3.05, 3.63) is 46.3 Å². The van der Waals surface area contributed by atoms with Gasteiger partial charge in [-0.1, -0.05) is 48.8 Å². The lowest BCUT2D eigenvalue weighted by atomic mass is 9.56. The molecule has 1 heterocycles. The van der Waals surface area contributed by atoms with Crippen molar-refractivity contribution < 1.29 is 24.2 Å². The van der Waals surface area contributed by atoms with Gasteiger partial charge in [0, 0.05) is 17.9 Å². The van der Waals surface area contributed by atoms with Crippen LogP contribution in [0.4, 0.5) is 0 Å². The van der Waals surface area contributed by atoms with Crippen LogP contribution in [0.3, 0.4) is 0 Å². The molecule has 200 valence electrons. The largest absolute Gasteiger partial charge is 0.489 e. The maximum absolute atomic E-state index is 14.4. The number of carbonyl (C=O) groups is 3. The third-order valence-corrected chi connectivity index (χ3v) is 7.55.